The van der Waals surface area contributed by atoms with Gasteiger partial charge in [0.25, 0.3) is 11.8 Å². The summed E-state index contributed by atoms with van der Waals surface area (Å²) in [6.45, 7) is -0.184. The molecular weight excluding hydrogens is 477 g/mol. The van der Waals surface area contributed by atoms with Gasteiger partial charge >= 0.3 is 0 Å². The molecule has 0 heterocycles. The number of amides is 3. The van der Waals surface area contributed by atoms with E-state index in [9.17, 15) is 18.8 Å². The van der Waals surface area contributed by atoms with E-state index in [4.69, 9.17) is 10.9 Å². The minimum Gasteiger partial charge on any atom is -0.376 e. The van der Waals surface area contributed by atoms with Crippen LogP contribution in [0.5, 0.6) is 0 Å². The molecule has 0 saturated heterocycles. The number of benzene rings is 3. The van der Waals surface area contributed by atoms with Crippen LogP contribution in [-0.4, -0.2) is 42.1 Å². The maximum atomic E-state index is 13.2. The van der Waals surface area contributed by atoms with Crippen LogP contribution >= 0.6 is 0 Å². The van der Waals surface area contributed by atoms with Crippen LogP contribution in [0.3, 0.4) is 0 Å². The predicted octanol–water partition coefficient (Wildman–Crippen LogP) is 2.47. The number of carbonyl (C=O) groups is 3. The lowest BCUT2D eigenvalue weighted by molar-refractivity contribution is -0.130. The van der Waals surface area contributed by atoms with E-state index in [2.05, 4.69) is 27.8 Å². The lowest BCUT2D eigenvalue weighted by Gasteiger charge is -2.14. The molecule has 3 aromatic carbocycles. The first-order valence-corrected chi connectivity index (χ1v) is 10.8. The van der Waals surface area contributed by atoms with E-state index in [0.717, 1.165) is 0 Å². The van der Waals surface area contributed by atoms with Gasteiger partial charge in [-0.1, -0.05) is 25.3 Å². The predicted molar refractivity (Wildman–Crippen MR) is 139 cm³/mol. The maximum absolute atomic E-state index is 13.2. The highest BCUT2D eigenvalue weighted by molar-refractivity contribution is 5.97. The third-order valence-electron chi connectivity index (χ3n) is 4.91. The molecule has 37 heavy (non-hydrogen) atoms. The smallest absolute Gasteiger partial charge is 0.267 e. The standard InChI is InChI=1S/C26H24FN5O4.CH4/c27-20-2-1-3-22(14-20)29-16-24(33)30-21-12-8-18(9-13-21)5-4-17-6-10-19(11-7-17)25(34)31-23(15-28)26(35)32-36;/h1-3,6-14,23,29,36H,15-16,28H2,(H,30,33)(H,31,34)(H,32,35);1H4/t23-;/m0./s1. The first kappa shape index (κ1) is 28.5. The van der Waals surface area contributed by atoms with Crippen molar-refractivity contribution in [1.82, 2.24) is 10.8 Å². The molecule has 3 aromatic rings. The van der Waals surface area contributed by atoms with E-state index in [1.807, 2.05) is 0 Å². The van der Waals surface area contributed by atoms with Crippen molar-refractivity contribution >= 4 is 29.1 Å². The molecule has 7 N–H and O–H groups in total. The lowest BCUT2D eigenvalue weighted by atomic mass is 10.1. The van der Waals surface area contributed by atoms with Crippen LogP contribution in [0.25, 0.3) is 0 Å². The van der Waals surface area contributed by atoms with E-state index in [1.165, 1.54) is 17.6 Å². The fourth-order valence-electron chi connectivity index (χ4n) is 3.02. The summed E-state index contributed by atoms with van der Waals surface area (Å²) in [5, 5.41) is 16.7. The van der Waals surface area contributed by atoms with Crippen molar-refractivity contribution in [3.8, 4) is 11.8 Å². The Bertz CT molecular complexity index is 1280. The van der Waals surface area contributed by atoms with Gasteiger partial charge in [-0.15, -0.1) is 0 Å². The minimum absolute atomic E-state index is 0. The number of hydrogen-bond acceptors (Lipinski definition) is 6. The summed E-state index contributed by atoms with van der Waals surface area (Å²) in [6, 6.07) is 18.2. The van der Waals surface area contributed by atoms with Crippen LogP contribution in [0.2, 0.25) is 0 Å². The molecule has 10 heteroatoms. The van der Waals surface area contributed by atoms with Crippen molar-refractivity contribution in [2.75, 3.05) is 23.7 Å². The zero-order valence-corrected chi connectivity index (χ0v) is 19.0. The van der Waals surface area contributed by atoms with Crippen molar-refractivity contribution in [3.05, 3.63) is 95.3 Å². The first-order chi connectivity index (χ1) is 17.4. The molecule has 0 aromatic heterocycles. The van der Waals surface area contributed by atoms with Gasteiger partial charge in [0.05, 0.1) is 6.54 Å². The van der Waals surface area contributed by atoms with Gasteiger partial charge in [-0.05, 0) is 66.7 Å². The summed E-state index contributed by atoms with van der Waals surface area (Å²) in [5.41, 5.74) is 9.67. The van der Waals surface area contributed by atoms with Crippen LogP contribution in [0.4, 0.5) is 15.8 Å². The number of hydrogen-bond donors (Lipinski definition) is 6. The van der Waals surface area contributed by atoms with Gasteiger partial charge in [-0.25, -0.2) is 9.87 Å². The highest BCUT2D eigenvalue weighted by atomic mass is 19.1. The molecule has 0 unspecified atom stereocenters. The van der Waals surface area contributed by atoms with Gasteiger partial charge in [0.1, 0.15) is 11.9 Å². The second kappa shape index (κ2) is 14.0. The van der Waals surface area contributed by atoms with E-state index in [0.29, 0.717) is 28.1 Å². The van der Waals surface area contributed by atoms with E-state index < -0.39 is 17.9 Å². The fourth-order valence-corrected chi connectivity index (χ4v) is 3.02. The molecule has 9 nitrogen and oxygen atoms in total. The molecule has 3 rings (SSSR count). The first-order valence-electron chi connectivity index (χ1n) is 10.8. The molecule has 3 amide bonds. The Balaban J connectivity index is 0.00000481. The summed E-state index contributed by atoms with van der Waals surface area (Å²) in [4.78, 5) is 35.8. The van der Waals surface area contributed by atoms with Gasteiger partial charge in [-0.2, -0.15) is 0 Å². The Labute approximate surface area is 214 Å². The van der Waals surface area contributed by atoms with E-state index in [1.54, 1.807) is 60.7 Å². The maximum Gasteiger partial charge on any atom is 0.267 e. The molecular formula is C27H28FN5O4. The Morgan fingerprint density at radius 3 is 2.11 bits per heavy atom. The summed E-state index contributed by atoms with van der Waals surface area (Å²) in [5.74, 6) is 3.99. The van der Waals surface area contributed by atoms with Gasteiger partial charge in [0.2, 0.25) is 5.91 Å². The average molecular weight is 506 g/mol. The van der Waals surface area contributed by atoms with Crippen LogP contribution in [0.1, 0.15) is 28.9 Å². The summed E-state index contributed by atoms with van der Waals surface area (Å²) in [7, 11) is 0. The number of hydroxylamine groups is 1. The quantitative estimate of drug-likeness (QED) is 0.158. The van der Waals surface area contributed by atoms with Gasteiger partial charge in [0, 0.05) is 34.6 Å². The Kier molecular flexibility index (Phi) is 10.8. The molecule has 0 aliphatic heterocycles. The van der Waals surface area contributed by atoms with Crippen LogP contribution in [-0.2, 0) is 9.59 Å². The van der Waals surface area contributed by atoms with Crippen molar-refractivity contribution in [1.29, 1.82) is 0 Å². The Morgan fingerprint density at radius 1 is 0.919 bits per heavy atom. The molecule has 192 valence electrons. The van der Waals surface area contributed by atoms with Crippen molar-refractivity contribution < 1.29 is 24.0 Å². The van der Waals surface area contributed by atoms with Crippen molar-refractivity contribution in [3.63, 3.8) is 0 Å². The van der Waals surface area contributed by atoms with Gasteiger partial charge in [0.15, 0.2) is 0 Å². The van der Waals surface area contributed by atoms with Crippen molar-refractivity contribution in [2.24, 2.45) is 5.73 Å². The number of nitrogens with two attached hydrogens (primary N) is 1. The molecule has 0 saturated carbocycles. The summed E-state index contributed by atoms with van der Waals surface area (Å²) in [6.07, 6.45) is 0. The molecule has 0 bridgehead atoms. The largest absolute Gasteiger partial charge is 0.376 e. The Morgan fingerprint density at radius 2 is 1.54 bits per heavy atom. The highest BCUT2D eigenvalue weighted by Crippen LogP contribution is 2.11. The van der Waals surface area contributed by atoms with E-state index >= 15 is 0 Å². The third kappa shape index (κ3) is 8.78. The second-order valence-electron chi connectivity index (χ2n) is 7.55. The lowest BCUT2D eigenvalue weighted by Crippen LogP contribution is -2.50. The molecule has 0 spiro atoms. The zero-order chi connectivity index (χ0) is 25.9. The van der Waals surface area contributed by atoms with Gasteiger partial charge < -0.3 is 21.7 Å². The highest BCUT2D eigenvalue weighted by Gasteiger charge is 2.19. The Hall–Kier alpha value is -4.72. The van der Waals surface area contributed by atoms with Crippen LogP contribution in [0.15, 0.2) is 72.8 Å². The summed E-state index contributed by atoms with van der Waals surface area (Å²) >= 11 is 0. The number of anilines is 2. The molecule has 1 atom stereocenters. The third-order valence-corrected chi connectivity index (χ3v) is 4.91. The number of rotatable bonds is 8. The number of halogens is 1. The monoisotopic (exact) mass is 505 g/mol. The van der Waals surface area contributed by atoms with E-state index in [-0.39, 0.29) is 32.2 Å². The zero-order valence-electron chi connectivity index (χ0n) is 19.0. The van der Waals surface area contributed by atoms with Crippen molar-refractivity contribution in [2.45, 2.75) is 13.5 Å². The minimum atomic E-state index is -1.06. The SMILES string of the molecule is C.NC[C@H](NC(=O)c1ccc(C#Cc2ccc(NC(=O)CNc3cccc(F)c3)cc2)cc1)C(=O)NO. The molecule has 0 radical (unpaired) electrons. The number of nitrogens with one attached hydrogen (secondary N) is 4. The molecule has 0 aliphatic carbocycles. The molecule has 0 aliphatic rings. The van der Waals surface area contributed by atoms with Gasteiger partial charge in [-0.3, -0.25) is 19.6 Å². The fraction of sp³-hybridized carbons (Fsp3) is 0.148. The average Bonchev–Trinajstić information content (AvgIpc) is 2.90. The van der Waals surface area contributed by atoms with Crippen LogP contribution in [0, 0.1) is 17.7 Å². The van der Waals surface area contributed by atoms with Crippen LogP contribution < -0.4 is 27.2 Å². The topological polar surface area (TPSA) is 146 Å². The normalized spacial score (nSPS) is 10.6. The summed E-state index contributed by atoms with van der Waals surface area (Å²) < 4.78 is 13.2. The number of carbonyl (C=O) groups excluding carboxylic acids is 3. The molecule has 0 fully saturated rings. The second-order valence-corrected chi connectivity index (χ2v) is 7.55.